The van der Waals surface area contributed by atoms with Crippen molar-refractivity contribution in [1.82, 2.24) is 4.98 Å². The van der Waals surface area contributed by atoms with Gasteiger partial charge in [-0.05, 0) is 48.9 Å². The Hall–Kier alpha value is -2.03. The Bertz CT molecular complexity index is 828. The van der Waals surface area contributed by atoms with E-state index in [0.29, 0.717) is 15.6 Å². The van der Waals surface area contributed by atoms with Crippen molar-refractivity contribution >= 4 is 29.3 Å². The Balaban J connectivity index is 2.20. The number of carboxylic acid groups (broad SMARTS) is 1. The average molecular weight is 359 g/mol. The summed E-state index contributed by atoms with van der Waals surface area (Å²) in [5.41, 5.74) is 4.36. The van der Waals surface area contributed by atoms with Gasteiger partial charge in [-0.3, -0.25) is 4.79 Å². The van der Waals surface area contributed by atoms with Crippen LogP contribution in [-0.2, 0) is 17.6 Å². The lowest BCUT2D eigenvalue weighted by molar-refractivity contribution is -0.133. The summed E-state index contributed by atoms with van der Waals surface area (Å²) < 4.78 is 0. The van der Waals surface area contributed by atoms with Crippen LogP contribution in [0.3, 0.4) is 0 Å². The highest BCUT2D eigenvalue weighted by Crippen LogP contribution is 2.38. The third kappa shape index (κ3) is 3.40. The minimum absolute atomic E-state index is 0.111. The Labute approximate surface area is 149 Å². The van der Waals surface area contributed by atoms with E-state index in [1.54, 1.807) is 12.1 Å². The molecule has 0 saturated carbocycles. The van der Waals surface area contributed by atoms with Crippen molar-refractivity contribution in [3.05, 3.63) is 46.1 Å². The Morgan fingerprint density at radius 3 is 2.67 bits per heavy atom. The van der Waals surface area contributed by atoms with Crippen molar-refractivity contribution in [3.8, 4) is 17.2 Å². The smallest absolute Gasteiger partial charge is 0.313 e. The van der Waals surface area contributed by atoms with Crippen molar-refractivity contribution in [1.29, 1.82) is 5.26 Å². The van der Waals surface area contributed by atoms with Crippen LogP contribution in [0.5, 0.6) is 0 Å². The molecule has 0 unspecified atom stereocenters. The monoisotopic (exact) mass is 358 g/mol. The maximum absolute atomic E-state index is 10.9. The highest BCUT2D eigenvalue weighted by Gasteiger charge is 2.23. The standard InChI is InChI=1S/C18H15ClN2O2S/c19-12-7-5-11(6-8-12)17-13-3-1-2-4-15(13)21-18(14(17)9-20)24-10-16(22)23/h5-8H,1-4,10H2,(H,22,23). The zero-order valence-electron chi connectivity index (χ0n) is 12.9. The maximum Gasteiger partial charge on any atom is 0.313 e. The minimum atomic E-state index is -0.920. The van der Waals surface area contributed by atoms with E-state index in [1.165, 1.54) is 0 Å². The third-order valence-electron chi connectivity index (χ3n) is 4.02. The molecule has 1 N–H and O–H groups in total. The summed E-state index contributed by atoms with van der Waals surface area (Å²) in [7, 11) is 0. The van der Waals surface area contributed by atoms with Crippen molar-refractivity contribution in [3.63, 3.8) is 0 Å². The first kappa shape index (κ1) is 16.8. The van der Waals surface area contributed by atoms with Gasteiger partial charge < -0.3 is 5.11 Å². The number of thioether (sulfide) groups is 1. The van der Waals surface area contributed by atoms with Crippen LogP contribution >= 0.6 is 23.4 Å². The van der Waals surface area contributed by atoms with Gasteiger partial charge in [-0.2, -0.15) is 5.26 Å². The van der Waals surface area contributed by atoms with Gasteiger partial charge in [0.2, 0.25) is 0 Å². The normalized spacial score (nSPS) is 13.2. The number of halogens is 1. The second-order valence-corrected chi connectivity index (χ2v) is 7.00. The van der Waals surface area contributed by atoms with Crippen LogP contribution in [-0.4, -0.2) is 21.8 Å². The van der Waals surface area contributed by atoms with Crippen LogP contribution in [0.1, 0.15) is 29.7 Å². The van der Waals surface area contributed by atoms with Crippen LogP contribution in [0.4, 0.5) is 0 Å². The number of carboxylic acids is 1. The molecule has 0 spiro atoms. The predicted octanol–water partition coefficient (Wildman–Crippen LogP) is 4.33. The fourth-order valence-corrected chi connectivity index (χ4v) is 3.84. The number of hydrogen-bond donors (Lipinski definition) is 1. The summed E-state index contributed by atoms with van der Waals surface area (Å²) in [5, 5.41) is 19.8. The van der Waals surface area contributed by atoms with E-state index < -0.39 is 5.97 Å². The molecule has 1 heterocycles. The number of nitrogens with zero attached hydrogens (tertiary/aromatic N) is 2. The molecule has 0 atom stereocenters. The molecule has 2 aromatic rings. The molecule has 122 valence electrons. The van der Waals surface area contributed by atoms with Crippen LogP contribution in [0.25, 0.3) is 11.1 Å². The lowest BCUT2D eigenvalue weighted by Gasteiger charge is -2.21. The number of rotatable bonds is 4. The van der Waals surface area contributed by atoms with E-state index in [1.807, 2.05) is 12.1 Å². The zero-order chi connectivity index (χ0) is 17.1. The number of pyridine rings is 1. The molecular formula is C18H15ClN2O2S. The van der Waals surface area contributed by atoms with Gasteiger partial charge in [0.05, 0.1) is 11.3 Å². The van der Waals surface area contributed by atoms with E-state index >= 15 is 0 Å². The second-order valence-electron chi connectivity index (χ2n) is 5.60. The van der Waals surface area contributed by atoms with Crippen LogP contribution in [0, 0.1) is 11.3 Å². The van der Waals surface area contributed by atoms with Crippen LogP contribution < -0.4 is 0 Å². The fraction of sp³-hybridized carbons (Fsp3) is 0.278. The van der Waals surface area contributed by atoms with Crippen molar-refractivity contribution in [2.45, 2.75) is 30.7 Å². The van der Waals surface area contributed by atoms with Gasteiger partial charge in [0, 0.05) is 16.3 Å². The lowest BCUT2D eigenvalue weighted by atomic mass is 9.87. The molecule has 6 heteroatoms. The molecule has 0 saturated heterocycles. The lowest BCUT2D eigenvalue weighted by Crippen LogP contribution is -2.11. The summed E-state index contributed by atoms with van der Waals surface area (Å²) in [6, 6.07) is 9.65. The fourth-order valence-electron chi connectivity index (χ4n) is 2.99. The van der Waals surface area contributed by atoms with Crippen molar-refractivity contribution in [2.24, 2.45) is 0 Å². The molecule has 1 aliphatic carbocycles. The van der Waals surface area contributed by atoms with Gasteiger partial charge in [-0.25, -0.2) is 4.98 Å². The van der Waals surface area contributed by atoms with E-state index in [-0.39, 0.29) is 5.75 Å². The Morgan fingerprint density at radius 1 is 1.29 bits per heavy atom. The molecule has 0 aliphatic heterocycles. The number of hydrogen-bond acceptors (Lipinski definition) is 4. The predicted molar refractivity (Wildman–Crippen MR) is 94.4 cm³/mol. The quantitative estimate of drug-likeness (QED) is 0.823. The Morgan fingerprint density at radius 2 is 2.00 bits per heavy atom. The molecule has 0 amide bonds. The van der Waals surface area contributed by atoms with Gasteiger partial charge in [-0.1, -0.05) is 35.5 Å². The maximum atomic E-state index is 10.9. The molecule has 3 rings (SSSR count). The summed E-state index contributed by atoms with van der Waals surface area (Å²) in [4.78, 5) is 15.5. The zero-order valence-corrected chi connectivity index (χ0v) is 14.5. The van der Waals surface area contributed by atoms with Crippen molar-refractivity contribution in [2.75, 3.05) is 5.75 Å². The molecule has 1 aromatic heterocycles. The number of fused-ring (bicyclic) bond motifs is 1. The van der Waals surface area contributed by atoms with E-state index in [0.717, 1.165) is 59.8 Å². The number of aromatic nitrogens is 1. The third-order valence-corrected chi connectivity index (χ3v) is 5.23. The number of aliphatic carboxylic acids is 1. The van der Waals surface area contributed by atoms with E-state index in [9.17, 15) is 10.1 Å². The first-order valence-electron chi connectivity index (χ1n) is 7.66. The van der Waals surface area contributed by atoms with Gasteiger partial charge in [0.15, 0.2) is 0 Å². The van der Waals surface area contributed by atoms with Gasteiger partial charge in [0.25, 0.3) is 0 Å². The number of carbonyl (C=O) groups is 1. The van der Waals surface area contributed by atoms with Crippen LogP contribution in [0.15, 0.2) is 29.3 Å². The highest BCUT2D eigenvalue weighted by molar-refractivity contribution is 7.99. The first-order valence-corrected chi connectivity index (χ1v) is 9.03. The summed E-state index contributed by atoms with van der Waals surface area (Å²) in [6.07, 6.45) is 3.89. The molecule has 4 nitrogen and oxygen atoms in total. The SMILES string of the molecule is N#Cc1c(SCC(=O)O)nc2c(c1-c1ccc(Cl)cc1)CCCC2. The highest BCUT2D eigenvalue weighted by atomic mass is 35.5. The molecule has 24 heavy (non-hydrogen) atoms. The number of nitriles is 1. The average Bonchev–Trinajstić information content (AvgIpc) is 2.59. The van der Waals surface area contributed by atoms with Crippen molar-refractivity contribution < 1.29 is 9.90 Å². The van der Waals surface area contributed by atoms with Gasteiger partial charge in [-0.15, -0.1) is 0 Å². The largest absolute Gasteiger partial charge is 0.481 e. The second kappa shape index (κ2) is 7.25. The summed E-state index contributed by atoms with van der Waals surface area (Å²) in [5.74, 6) is -1.03. The number of benzene rings is 1. The topological polar surface area (TPSA) is 74.0 Å². The molecule has 1 aliphatic rings. The van der Waals surface area contributed by atoms with E-state index in [4.69, 9.17) is 16.7 Å². The first-order chi connectivity index (χ1) is 11.6. The molecule has 1 aromatic carbocycles. The van der Waals surface area contributed by atoms with E-state index in [2.05, 4.69) is 11.1 Å². The molecule has 0 fully saturated rings. The molecular weight excluding hydrogens is 344 g/mol. The minimum Gasteiger partial charge on any atom is -0.481 e. The number of aryl methyl sites for hydroxylation is 1. The summed E-state index contributed by atoms with van der Waals surface area (Å²) in [6.45, 7) is 0. The van der Waals surface area contributed by atoms with Gasteiger partial charge >= 0.3 is 5.97 Å². The van der Waals surface area contributed by atoms with Crippen LogP contribution in [0.2, 0.25) is 5.02 Å². The Kier molecular flexibility index (Phi) is 5.08. The summed E-state index contributed by atoms with van der Waals surface area (Å²) >= 11 is 7.09. The molecule has 0 bridgehead atoms. The van der Waals surface area contributed by atoms with Gasteiger partial charge in [0.1, 0.15) is 11.1 Å². The molecule has 0 radical (unpaired) electrons.